The van der Waals surface area contributed by atoms with Gasteiger partial charge in [0.15, 0.2) is 5.69 Å². The summed E-state index contributed by atoms with van der Waals surface area (Å²) in [6.07, 6.45) is 0. The molecule has 1 aromatic heterocycles. The van der Waals surface area contributed by atoms with Crippen LogP contribution in [0.1, 0.15) is 23.0 Å². The molecular weight excluding hydrogens is 360 g/mol. The van der Waals surface area contributed by atoms with E-state index in [0.29, 0.717) is 23.8 Å². The molecule has 0 amide bonds. The second-order valence-electron chi connectivity index (χ2n) is 6.76. The molecule has 0 spiro atoms. The second kappa shape index (κ2) is 8.15. The number of carbonyl (C=O) groups is 1. The summed E-state index contributed by atoms with van der Waals surface area (Å²) in [4.78, 5) is 18.0. The molecule has 0 saturated heterocycles. The van der Waals surface area contributed by atoms with E-state index in [4.69, 9.17) is 9.72 Å². The number of nitrogens with zero attached hydrogens (tertiary/aromatic N) is 2. The summed E-state index contributed by atoms with van der Waals surface area (Å²) in [6.45, 7) is 4.14. The van der Waals surface area contributed by atoms with Crippen molar-refractivity contribution >= 4 is 5.97 Å². The number of esters is 1. The van der Waals surface area contributed by atoms with Crippen molar-refractivity contribution in [3.63, 3.8) is 0 Å². The molecule has 0 atom stereocenters. The van der Waals surface area contributed by atoms with E-state index in [0.717, 1.165) is 22.4 Å². The highest BCUT2D eigenvalue weighted by Crippen LogP contribution is 2.33. The van der Waals surface area contributed by atoms with Crippen molar-refractivity contribution in [2.45, 2.75) is 13.8 Å². The van der Waals surface area contributed by atoms with Gasteiger partial charge in [0.05, 0.1) is 6.61 Å². The zero-order valence-corrected chi connectivity index (χ0v) is 16.5. The van der Waals surface area contributed by atoms with Crippen LogP contribution < -0.4 is 0 Å². The maximum atomic E-state index is 13.1. The standard InChI is InChI=1S/C25H22N2O2/c1-3-29-25(28)23-22(20-14-10-11-18(2)17-20)26-24(19-12-6-4-7-13-19)27(23)21-15-8-5-9-16-21/h4-17H,3H2,1-2H3. The molecule has 0 radical (unpaired) electrons. The average molecular weight is 382 g/mol. The maximum absolute atomic E-state index is 13.1. The molecule has 0 aliphatic carbocycles. The van der Waals surface area contributed by atoms with Crippen LogP contribution in [0.2, 0.25) is 0 Å². The van der Waals surface area contributed by atoms with Gasteiger partial charge in [-0.1, -0.05) is 72.3 Å². The third-order valence-electron chi connectivity index (χ3n) is 4.68. The molecule has 0 unspecified atom stereocenters. The Bertz CT molecular complexity index is 1130. The molecule has 0 bridgehead atoms. The number of rotatable bonds is 5. The van der Waals surface area contributed by atoms with Crippen LogP contribution in [-0.4, -0.2) is 22.1 Å². The Balaban J connectivity index is 2.06. The number of carbonyl (C=O) groups excluding carboxylic acids is 1. The van der Waals surface area contributed by atoms with Gasteiger partial charge in [-0.25, -0.2) is 9.78 Å². The molecule has 1 heterocycles. The SMILES string of the molecule is CCOC(=O)c1c(-c2cccc(C)c2)nc(-c2ccccc2)n1-c1ccccc1. The van der Waals surface area contributed by atoms with Crippen molar-refractivity contribution in [1.29, 1.82) is 0 Å². The normalized spacial score (nSPS) is 10.7. The van der Waals surface area contributed by atoms with Gasteiger partial charge >= 0.3 is 5.97 Å². The Kier molecular flexibility index (Phi) is 5.25. The lowest BCUT2D eigenvalue weighted by Gasteiger charge is -2.12. The summed E-state index contributed by atoms with van der Waals surface area (Å²) in [5.74, 6) is 0.318. The van der Waals surface area contributed by atoms with Gasteiger partial charge < -0.3 is 4.74 Å². The number of aryl methyl sites for hydroxylation is 1. The van der Waals surface area contributed by atoms with Crippen LogP contribution in [0.25, 0.3) is 28.3 Å². The first-order valence-electron chi connectivity index (χ1n) is 9.66. The van der Waals surface area contributed by atoms with E-state index in [9.17, 15) is 4.79 Å². The van der Waals surface area contributed by atoms with E-state index in [1.54, 1.807) is 0 Å². The van der Waals surface area contributed by atoms with Gasteiger partial charge in [0.1, 0.15) is 11.5 Å². The number of hydrogen-bond donors (Lipinski definition) is 0. The van der Waals surface area contributed by atoms with Crippen LogP contribution in [0.5, 0.6) is 0 Å². The van der Waals surface area contributed by atoms with Crippen molar-refractivity contribution in [2.75, 3.05) is 6.61 Å². The third kappa shape index (κ3) is 3.69. The highest BCUT2D eigenvalue weighted by Gasteiger charge is 2.26. The molecule has 3 aromatic carbocycles. The molecule has 0 saturated carbocycles. The molecule has 0 aliphatic heterocycles. The first-order chi connectivity index (χ1) is 14.2. The van der Waals surface area contributed by atoms with Crippen LogP contribution >= 0.6 is 0 Å². The Labute approximate surface area is 170 Å². The second-order valence-corrected chi connectivity index (χ2v) is 6.76. The molecule has 29 heavy (non-hydrogen) atoms. The summed E-state index contributed by atoms with van der Waals surface area (Å²) in [7, 11) is 0. The van der Waals surface area contributed by atoms with Gasteiger partial charge in [-0.05, 0) is 32.0 Å². The lowest BCUT2D eigenvalue weighted by atomic mass is 10.1. The van der Waals surface area contributed by atoms with Crippen LogP contribution in [0.3, 0.4) is 0 Å². The number of hydrogen-bond acceptors (Lipinski definition) is 3. The quantitative estimate of drug-likeness (QED) is 0.416. The lowest BCUT2D eigenvalue weighted by molar-refractivity contribution is 0.0518. The summed E-state index contributed by atoms with van der Waals surface area (Å²) in [5, 5.41) is 0. The molecule has 0 fully saturated rings. The molecule has 144 valence electrons. The highest BCUT2D eigenvalue weighted by molar-refractivity contribution is 5.97. The van der Waals surface area contributed by atoms with Gasteiger partial charge in [-0.3, -0.25) is 4.57 Å². The van der Waals surface area contributed by atoms with Crippen molar-refractivity contribution in [2.24, 2.45) is 0 Å². The fraction of sp³-hybridized carbons (Fsp3) is 0.120. The minimum atomic E-state index is -0.387. The first kappa shape index (κ1) is 18.7. The average Bonchev–Trinajstić information content (AvgIpc) is 3.16. The number of ether oxygens (including phenoxy) is 1. The Hall–Kier alpha value is -3.66. The minimum Gasteiger partial charge on any atom is -0.461 e. The van der Waals surface area contributed by atoms with Crippen molar-refractivity contribution in [3.05, 3.63) is 96.2 Å². The van der Waals surface area contributed by atoms with E-state index in [1.165, 1.54) is 0 Å². The summed E-state index contributed by atoms with van der Waals surface area (Å²) in [5.41, 5.74) is 4.84. The van der Waals surface area contributed by atoms with Crippen LogP contribution in [0, 0.1) is 6.92 Å². The van der Waals surface area contributed by atoms with E-state index in [1.807, 2.05) is 103 Å². The Morgan fingerprint density at radius 2 is 1.55 bits per heavy atom. The zero-order valence-electron chi connectivity index (χ0n) is 16.5. The van der Waals surface area contributed by atoms with Crippen molar-refractivity contribution in [1.82, 2.24) is 9.55 Å². The fourth-order valence-electron chi connectivity index (χ4n) is 3.41. The minimum absolute atomic E-state index is 0.298. The van der Waals surface area contributed by atoms with E-state index in [-0.39, 0.29) is 5.97 Å². The predicted octanol–water partition coefficient (Wildman–Crippen LogP) is 5.69. The molecular formula is C25H22N2O2. The lowest BCUT2D eigenvalue weighted by Crippen LogP contribution is -2.13. The van der Waals surface area contributed by atoms with E-state index < -0.39 is 0 Å². The smallest absolute Gasteiger partial charge is 0.357 e. The topological polar surface area (TPSA) is 44.1 Å². The highest BCUT2D eigenvalue weighted by atomic mass is 16.5. The zero-order chi connectivity index (χ0) is 20.2. The summed E-state index contributed by atoms with van der Waals surface area (Å²) >= 11 is 0. The number of benzene rings is 3. The van der Waals surface area contributed by atoms with Crippen LogP contribution in [-0.2, 0) is 4.74 Å². The van der Waals surface area contributed by atoms with Gasteiger partial charge in [-0.2, -0.15) is 0 Å². The molecule has 4 rings (SSSR count). The summed E-state index contributed by atoms with van der Waals surface area (Å²) < 4.78 is 7.33. The fourth-order valence-corrected chi connectivity index (χ4v) is 3.41. The van der Waals surface area contributed by atoms with E-state index >= 15 is 0 Å². The van der Waals surface area contributed by atoms with Crippen LogP contribution in [0.4, 0.5) is 0 Å². The van der Waals surface area contributed by atoms with Gasteiger partial charge in [0.25, 0.3) is 0 Å². The number of para-hydroxylation sites is 1. The third-order valence-corrected chi connectivity index (χ3v) is 4.68. The molecule has 4 heteroatoms. The molecule has 4 nitrogen and oxygen atoms in total. The van der Waals surface area contributed by atoms with Gasteiger partial charge in [0.2, 0.25) is 0 Å². The molecule has 4 aromatic rings. The summed E-state index contributed by atoms with van der Waals surface area (Å²) in [6, 6.07) is 27.7. The predicted molar refractivity (Wildman–Crippen MR) is 115 cm³/mol. The van der Waals surface area contributed by atoms with Crippen LogP contribution in [0.15, 0.2) is 84.9 Å². The molecule has 0 aliphatic rings. The maximum Gasteiger partial charge on any atom is 0.357 e. The van der Waals surface area contributed by atoms with E-state index in [2.05, 4.69) is 0 Å². The molecule has 0 N–H and O–H groups in total. The first-order valence-corrected chi connectivity index (χ1v) is 9.66. The number of imidazole rings is 1. The van der Waals surface area contributed by atoms with Crippen molar-refractivity contribution < 1.29 is 9.53 Å². The Morgan fingerprint density at radius 1 is 0.897 bits per heavy atom. The van der Waals surface area contributed by atoms with Crippen molar-refractivity contribution in [3.8, 4) is 28.3 Å². The number of aromatic nitrogens is 2. The monoisotopic (exact) mass is 382 g/mol. The van der Waals surface area contributed by atoms with Gasteiger partial charge in [-0.15, -0.1) is 0 Å². The largest absolute Gasteiger partial charge is 0.461 e. The Morgan fingerprint density at radius 3 is 2.21 bits per heavy atom. The van der Waals surface area contributed by atoms with Gasteiger partial charge in [0, 0.05) is 16.8 Å².